The zero-order valence-corrected chi connectivity index (χ0v) is 5.89. The molecule has 0 saturated carbocycles. The number of hydrogen-bond donors (Lipinski definition) is 1. The largest absolute Gasteiger partial charge is 0.347 e. The smallest absolute Gasteiger partial charge is 0.217 e. The Balaban J connectivity index is 3.63. The summed E-state index contributed by atoms with van der Waals surface area (Å²) in [7, 11) is 0. The predicted octanol–water partition coefficient (Wildman–Crippen LogP) is 0.100. The van der Waals surface area contributed by atoms with Crippen LogP contribution in [0, 0.1) is 0 Å². The van der Waals surface area contributed by atoms with Crippen LogP contribution in [0.4, 0.5) is 0 Å². The lowest BCUT2D eigenvalue weighted by molar-refractivity contribution is -0.125. The zero-order chi connectivity index (χ0) is 7.44. The van der Waals surface area contributed by atoms with E-state index < -0.39 is 0 Å². The second kappa shape index (κ2) is 3.22. The van der Waals surface area contributed by atoms with Crippen molar-refractivity contribution in [3.05, 3.63) is 0 Å². The highest BCUT2D eigenvalue weighted by atomic mass is 16.2. The average molecular weight is 129 g/mol. The Morgan fingerprint density at radius 2 is 1.78 bits per heavy atom. The van der Waals surface area contributed by atoms with Gasteiger partial charge in [0.15, 0.2) is 5.78 Å². The second-order valence-electron chi connectivity index (χ2n) is 2.03. The molecule has 0 unspecified atom stereocenters. The van der Waals surface area contributed by atoms with Crippen LogP contribution in [-0.4, -0.2) is 17.7 Å². The topological polar surface area (TPSA) is 46.2 Å². The Kier molecular flexibility index (Phi) is 2.91. The van der Waals surface area contributed by atoms with Crippen LogP contribution in [0.1, 0.15) is 20.8 Å². The summed E-state index contributed by atoms with van der Waals surface area (Å²) < 4.78 is 0. The highest BCUT2D eigenvalue weighted by molar-refractivity contribution is 5.86. The van der Waals surface area contributed by atoms with Gasteiger partial charge >= 0.3 is 0 Å². The van der Waals surface area contributed by atoms with E-state index in [1.165, 1.54) is 13.8 Å². The van der Waals surface area contributed by atoms with Gasteiger partial charge in [0, 0.05) is 6.92 Å². The maximum Gasteiger partial charge on any atom is 0.217 e. The first-order chi connectivity index (χ1) is 4.04. The van der Waals surface area contributed by atoms with Crippen molar-refractivity contribution in [1.29, 1.82) is 0 Å². The number of rotatable bonds is 2. The lowest BCUT2D eigenvalue weighted by atomic mass is 10.2. The molecule has 1 N–H and O–H groups in total. The van der Waals surface area contributed by atoms with Gasteiger partial charge in [-0.05, 0) is 13.8 Å². The first kappa shape index (κ1) is 8.14. The summed E-state index contributed by atoms with van der Waals surface area (Å²) in [4.78, 5) is 20.8. The fourth-order valence-electron chi connectivity index (χ4n) is 0.407. The van der Waals surface area contributed by atoms with Gasteiger partial charge in [-0.15, -0.1) is 0 Å². The lowest BCUT2D eigenvalue weighted by Gasteiger charge is -2.06. The van der Waals surface area contributed by atoms with E-state index in [-0.39, 0.29) is 17.7 Å². The van der Waals surface area contributed by atoms with Crippen molar-refractivity contribution in [3.63, 3.8) is 0 Å². The third-order valence-electron chi connectivity index (χ3n) is 1.03. The van der Waals surface area contributed by atoms with Gasteiger partial charge in [-0.3, -0.25) is 9.59 Å². The lowest BCUT2D eigenvalue weighted by Crippen LogP contribution is -2.35. The highest BCUT2D eigenvalue weighted by Crippen LogP contribution is 1.81. The van der Waals surface area contributed by atoms with Gasteiger partial charge in [0.1, 0.15) is 0 Å². The van der Waals surface area contributed by atoms with Crippen LogP contribution in [0.5, 0.6) is 0 Å². The Bertz CT molecular complexity index is 131. The van der Waals surface area contributed by atoms with Gasteiger partial charge in [-0.2, -0.15) is 0 Å². The summed E-state index contributed by atoms with van der Waals surface area (Å²) in [6.07, 6.45) is 0. The quantitative estimate of drug-likeness (QED) is 0.574. The monoisotopic (exact) mass is 129 g/mol. The zero-order valence-electron chi connectivity index (χ0n) is 5.89. The molecule has 1 amide bonds. The molecule has 0 aromatic heterocycles. The minimum absolute atomic E-state index is 0.0230. The van der Waals surface area contributed by atoms with Gasteiger partial charge in [0.2, 0.25) is 5.91 Å². The number of amides is 1. The van der Waals surface area contributed by atoms with Crippen molar-refractivity contribution in [2.24, 2.45) is 0 Å². The van der Waals surface area contributed by atoms with Crippen molar-refractivity contribution in [1.82, 2.24) is 5.32 Å². The van der Waals surface area contributed by atoms with E-state index in [0.717, 1.165) is 0 Å². The molecule has 0 spiro atoms. The van der Waals surface area contributed by atoms with E-state index in [4.69, 9.17) is 0 Å². The first-order valence-corrected chi connectivity index (χ1v) is 2.81. The summed E-state index contributed by atoms with van der Waals surface area (Å²) in [6.45, 7) is 4.49. The number of Topliss-reactive ketones (excluding diaryl/α,β-unsaturated/α-hetero) is 1. The standard InChI is InChI=1S/C6H11NO2/c1-4(5(2)8)7-6(3)9/h4H,1-3H3,(H,7,9)/t4-/m1/s1. The van der Waals surface area contributed by atoms with E-state index in [2.05, 4.69) is 5.32 Å². The molecule has 0 aliphatic rings. The first-order valence-electron chi connectivity index (χ1n) is 2.81. The van der Waals surface area contributed by atoms with Crippen molar-refractivity contribution >= 4 is 11.7 Å². The number of hydrogen-bond acceptors (Lipinski definition) is 2. The molecule has 0 aliphatic carbocycles. The molecular formula is C6H11NO2. The molecule has 3 heteroatoms. The molecule has 0 heterocycles. The normalized spacial score (nSPS) is 12.3. The Morgan fingerprint density at radius 1 is 1.33 bits per heavy atom. The van der Waals surface area contributed by atoms with E-state index >= 15 is 0 Å². The maximum absolute atomic E-state index is 10.5. The van der Waals surface area contributed by atoms with E-state index in [1.54, 1.807) is 6.92 Å². The van der Waals surface area contributed by atoms with Crippen LogP contribution in [0.3, 0.4) is 0 Å². The molecule has 52 valence electrons. The van der Waals surface area contributed by atoms with Crippen LogP contribution in [-0.2, 0) is 9.59 Å². The van der Waals surface area contributed by atoms with Gasteiger partial charge in [-0.25, -0.2) is 0 Å². The molecule has 0 fully saturated rings. The van der Waals surface area contributed by atoms with Gasteiger partial charge in [0.25, 0.3) is 0 Å². The summed E-state index contributed by atoms with van der Waals surface area (Å²) in [5.41, 5.74) is 0. The molecule has 1 atom stereocenters. The Hall–Kier alpha value is -0.860. The molecule has 3 nitrogen and oxygen atoms in total. The third-order valence-corrected chi connectivity index (χ3v) is 1.03. The molecule has 0 saturated heterocycles. The van der Waals surface area contributed by atoms with Crippen LogP contribution < -0.4 is 5.32 Å². The van der Waals surface area contributed by atoms with Crippen molar-refractivity contribution in [3.8, 4) is 0 Å². The molecule has 0 aliphatic heterocycles. The van der Waals surface area contributed by atoms with Gasteiger partial charge in [0.05, 0.1) is 6.04 Å². The van der Waals surface area contributed by atoms with E-state index in [0.29, 0.717) is 0 Å². The minimum atomic E-state index is -0.345. The molecule has 0 bridgehead atoms. The van der Waals surface area contributed by atoms with Gasteiger partial charge in [-0.1, -0.05) is 0 Å². The SMILES string of the molecule is CC(=O)N[C@H](C)C(C)=O. The third kappa shape index (κ3) is 3.70. The number of ketones is 1. The van der Waals surface area contributed by atoms with Crippen LogP contribution in [0.15, 0.2) is 0 Å². The predicted molar refractivity (Wildman–Crippen MR) is 34.0 cm³/mol. The molecule has 0 aromatic carbocycles. The maximum atomic E-state index is 10.5. The fourth-order valence-corrected chi connectivity index (χ4v) is 0.407. The van der Waals surface area contributed by atoms with Crippen LogP contribution in [0.25, 0.3) is 0 Å². The molecule has 9 heavy (non-hydrogen) atoms. The highest BCUT2D eigenvalue weighted by Gasteiger charge is 2.06. The Morgan fingerprint density at radius 3 is 1.89 bits per heavy atom. The summed E-state index contributed by atoms with van der Waals surface area (Å²) in [5, 5.41) is 2.45. The second-order valence-corrected chi connectivity index (χ2v) is 2.03. The summed E-state index contributed by atoms with van der Waals surface area (Å²) in [6, 6.07) is -0.345. The van der Waals surface area contributed by atoms with Gasteiger partial charge < -0.3 is 5.32 Å². The number of carbonyl (C=O) groups is 2. The minimum Gasteiger partial charge on any atom is -0.347 e. The average Bonchev–Trinajstić information content (AvgIpc) is 1.63. The Labute approximate surface area is 54.4 Å². The van der Waals surface area contributed by atoms with E-state index in [1.807, 2.05) is 0 Å². The molecule has 0 aromatic rings. The van der Waals surface area contributed by atoms with Crippen molar-refractivity contribution in [2.75, 3.05) is 0 Å². The number of nitrogens with one attached hydrogen (secondary N) is 1. The van der Waals surface area contributed by atoms with Crippen LogP contribution in [0.2, 0.25) is 0 Å². The summed E-state index contributed by atoms with van der Waals surface area (Å²) >= 11 is 0. The molecule has 0 radical (unpaired) electrons. The molecule has 0 rings (SSSR count). The van der Waals surface area contributed by atoms with Crippen molar-refractivity contribution < 1.29 is 9.59 Å². The fraction of sp³-hybridized carbons (Fsp3) is 0.667. The summed E-state index contributed by atoms with van der Waals surface area (Å²) in [5.74, 6) is -0.192. The number of carbonyl (C=O) groups excluding carboxylic acids is 2. The van der Waals surface area contributed by atoms with Crippen LogP contribution >= 0.6 is 0 Å². The van der Waals surface area contributed by atoms with E-state index in [9.17, 15) is 9.59 Å². The van der Waals surface area contributed by atoms with Crippen molar-refractivity contribution in [2.45, 2.75) is 26.8 Å². The molecular weight excluding hydrogens is 118 g/mol.